The van der Waals surface area contributed by atoms with Crippen LogP contribution in [0.15, 0.2) is 53.4 Å². The molecule has 0 aromatic heterocycles. The highest BCUT2D eigenvalue weighted by atomic mass is 32.2. The van der Waals surface area contributed by atoms with Crippen LogP contribution in [-0.4, -0.2) is 87.6 Å². The SMILES string of the molecule is C[C@H](C(=O)NC[C@H]1CCCO1)N(Cc1ccc(F)cc1)C(=O)COc1ccc(S(=O)(=O)N2CCOCC2)cc1. The molecule has 212 valence electrons. The van der Waals surface area contributed by atoms with E-state index in [-0.39, 0.29) is 30.1 Å². The van der Waals surface area contributed by atoms with Gasteiger partial charge < -0.3 is 24.4 Å². The fourth-order valence-electron chi connectivity index (χ4n) is 4.41. The quantitative estimate of drug-likeness (QED) is 0.445. The molecule has 2 fully saturated rings. The molecule has 2 atom stereocenters. The number of carbonyl (C=O) groups is 2. The van der Waals surface area contributed by atoms with E-state index in [1.165, 1.54) is 45.6 Å². The fourth-order valence-corrected chi connectivity index (χ4v) is 5.82. The molecule has 2 aliphatic rings. The fraction of sp³-hybridized carbons (Fsp3) is 0.481. The van der Waals surface area contributed by atoms with Gasteiger partial charge in [-0.05, 0) is 61.7 Å². The van der Waals surface area contributed by atoms with Crippen molar-refractivity contribution < 1.29 is 36.6 Å². The van der Waals surface area contributed by atoms with Gasteiger partial charge in [0.1, 0.15) is 17.6 Å². The van der Waals surface area contributed by atoms with Crippen LogP contribution in [0.1, 0.15) is 25.3 Å². The Kier molecular flexibility index (Phi) is 9.89. The Morgan fingerprint density at radius 3 is 2.44 bits per heavy atom. The van der Waals surface area contributed by atoms with Crippen molar-refractivity contribution >= 4 is 21.8 Å². The molecule has 1 N–H and O–H groups in total. The Morgan fingerprint density at radius 2 is 1.79 bits per heavy atom. The third kappa shape index (κ3) is 7.75. The summed E-state index contributed by atoms with van der Waals surface area (Å²) in [5, 5.41) is 2.85. The molecule has 0 saturated carbocycles. The summed E-state index contributed by atoms with van der Waals surface area (Å²) in [6.45, 7) is 3.63. The number of nitrogens with one attached hydrogen (secondary N) is 1. The number of rotatable bonds is 11. The van der Waals surface area contributed by atoms with Crippen molar-refractivity contribution in [2.75, 3.05) is 46.1 Å². The zero-order chi connectivity index (χ0) is 27.8. The second-order valence-corrected chi connectivity index (χ2v) is 11.4. The Balaban J connectivity index is 1.40. The second kappa shape index (κ2) is 13.3. The van der Waals surface area contributed by atoms with E-state index in [2.05, 4.69) is 5.32 Å². The molecular formula is C27H34FN3O7S. The maximum absolute atomic E-state index is 13.4. The Morgan fingerprint density at radius 1 is 1.10 bits per heavy atom. The van der Waals surface area contributed by atoms with Crippen LogP contribution in [0.3, 0.4) is 0 Å². The van der Waals surface area contributed by atoms with Crippen molar-refractivity contribution in [1.29, 1.82) is 0 Å². The molecule has 0 radical (unpaired) electrons. The van der Waals surface area contributed by atoms with Gasteiger partial charge in [-0.25, -0.2) is 12.8 Å². The van der Waals surface area contributed by atoms with Gasteiger partial charge in [0.15, 0.2) is 6.61 Å². The first-order valence-corrected chi connectivity index (χ1v) is 14.4. The van der Waals surface area contributed by atoms with Gasteiger partial charge in [0.2, 0.25) is 15.9 Å². The highest BCUT2D eigenvalue weighted by Gasteiger charge is 2.28. The minimum atomic E-state index is -3.65. The van der Waals surface area contributed by atoms with Crippen LogP contribution in [0.25, 0.3) is 0 Å². The molecule has 10 nitrogen and oxygen atoms in total. The third-order valence-electron chi connectivity index (χ3n) is 6.76. The second-order valence-electron chi connectivity index (χ2n) is 9.48. The largest absolute Gasteiger partial charge is 0.484 e. The van der Waals surface area contributed by atoms with Crippen LogP contribution in [0.4, 0.5) is 4.39 Å². The summed E-state index contributed by atoms with van der Waals surface area (Å²) in [4.78, 5) is 27.6. The number of hydrogen-bond donors (Lipinski definition) is 1. The predicted octanol–water partition coefficient (Wildman–Crippen LogP) is 1.94. The van der Waals surface area contributed by atoms with Crippen LogP contribution in [0, 0.1) is 5.82 Å². The van der Waals surface area contributed by atoms with Crippen molar-refractivity contribution in [3.05, 3.63) is 59.9 Å². The molecule has 12 heteroatoms. The highest BCUT2D eigenvalue weighted by molar-refractivity contribution is 7.89. The van der Waals surface area contributed by atoms with Gasteiger partial charge in [-0.3, -0.25) is 9.59 Å². The van der Waals surface area contributed by atoms with Crippen molar-refractivity contribution in [3.8, 4) is 5.75 Å². The summed E-state index contributed by atoms with van der Waals surface area (Å²) in [6.07, 6.45) is 1.77. The van der Waals surface area contributed by atoms with Crippen molar-refractivity contribution in [2.45, 2.75) is 43.4 Å². The zero-order valence-electron chi connectivity index (χ0n) is 21.9. The van der Waals surface area contributed by atoms with Crippen molar-refractivity contribution in [3.63, 3.8) is 0 Å². The number of amides is 2. The van der Waals surface area contributed by atoms with E-state index in [4.69, 9.17) is 14.2 Å². The highest BCUT2D eigenvalue weighted by Crippen LogP contribution is 2.21. The monoisotopic (exact) mass is 563 g/mol. The zero-order valence-corrected chi connectivity index (χ0v) is 22.7. The minimum absolute atomic E-state index is 0.0410. The topological polar surface area (TPSA) is 114 Å². The lowest BCUT2D eigenvalue weighted by Crippen LogP contribution is -2.50. The van der Waals surface area contributed by atoms with Gasteiger partial charge in [0.05, 0.1) is 24.2 Å². The molecule has 4 rings (SSSR count). The predicted molar refractivity (Wildman–Crippen MR) is 140 cm³/mol. The number of ether oxygens (including phenoxy) is 3. The smallest absolute Gasteiger partial charge is 0.261 e. The van der Waals surface area contributed by atoms with E-state index in [9.17, 15) is 22.4 Å². The van der Waals surface area contributed by atoms with Crippen molar-refractivity contribution in [1.82, 2.24) is 14.5 Å². The summed E-state index contributed by atoms with van der Waals surface area (Å²) in [7, 11) is -3.65. The lowest BCUT2D eigenvalue weighted by atomic mass is 10.1. The first-order chi connectivity index (χ1) is 18.7. The maximum atomic E-state index is 13.4. The molecule has 2 aliphatic heterocycles. The minimum Gasteiger partial charge on any atom is -0.484 e. The molecule has 0 bridgehead atoms. The molecular weight excluding hydrogens is 529 g/mol. The molecule has 2 amide bonds. The van der Waals surface area contributed by atoms with Crippen LogP contribution in [0.2, 0.25) is 0 Å². The number of hydrogen-bond acceptors (Lipinski definition) is 7. The number of sulfonamides is 1. The number of morpholine rings is 1. The van der Waals surface area contributed by atoms with E-state index in [0.717, 1.165) is 12.8 Å². The van der Waals surface area contributed by atoms with Gasteiger partial charge in [0, 0.05) is 32.8 Å². The summed E-state index contributed by atoms with van der Waals surface area (Å²) in [5.74, 6) is -0.884. The average molecular weight is 564 g/mol. The molecule has 0 spiro atoms. The Labute approximate surface area is 228 Å². The summed E-state index contributed by atoms with van der Waals surface area (Å²) >= 11 is 0. The average Bonchev–Trinajstić information content (AvgIpc) is 3.48. The lowest BCUT2D eigenvalue weighted by molar-refractivity contribution is -0.142. The van der Waals surface area contributed by atoms with Gasteiger partial charge in [-0.15, -0.1) is 0 Å². The van der Waals surface area contributed by atoms with Crippen LogP contribution in [-0.2, 0) is 35.6 Å². The number of benzene rings is 2. The molecule has 2 aromatic rings. The van der Waals surface area contributed by atoms with Crippen LogP contribution < -0.4 is 10.1 Å². The summed E-state index contributed by atoms with van der Waals surface area (Å²) in [5.41, 5.74) is 0.654. The molecule has 39 heavy (non-hydrogen) atoms. The normalized spacial score (nSPS) is 18.9. The first-order valence-electron chi connectivity index (χ1n) is 13.0. The van der Waals surface area contributed by atoms with Gasteiger partial charge in [-0.2, -0.15) is 4.31 Å². The van der Waals surface area contributed by atoms with Crippen LogP contribution in [0.5, 0.6) is 5.75 Å². The molecule has 2 aromatic carbocycles. The third-order valence-corrected chi connectivity index (χ3v) is 8.67. The van der Waals surface area contributed by atoms with Gasteiger partial charge >= 0.3 is 0 Å². The van der Waals surface area contributed by atoms with E-state index < -0.39 is 27.8 Å². The summed E-state index contributed by atoms with van der Waals surface area (Å²) in [6, 6.07) is 10.7. The van der Waals surface area contributed by atoms with E-state index in [0.29, 0.717) is 50.8 Å². The van der Waals surface area contributed by atoms with Crippen molar-refractivity contribution in [2.24, 2.45) is 0 Å². The Bertz CT molecular complexity index is 1210. The Hall–Kier alpha value is -3.06. The molecule has 2 heterocycles. The molecule has 0 unspecified atom stereocenters. The number of carbonyl (C=O) groups excluding carboxylic acids is 2. The van der Waals surface area contributed by atoms with Gasteiger partial charge in [0.25, 0.3) is 5.91 Å². The maximum Gasteiger partial charge on any atom is 0.261 e. The lowest BCUT2D eigenvalue weighted by Gasteiger charge is -2.29. The van der Waals surface area contributed by atoms with E-state index in [1.54, 1.807) is 19.1 Å². The number of nitrogens with zero attached hydrogens (tertiary/aromatic N) is 2. The van der Waals surface area contributed by atoms with E-state index >= 15 is 0 Å². The number of halogens is 1. The molecule has 0 aliphatic carbocycles. The van der Waals surface area contributed by atoms with E-state index in [1.807, 2.05) is 0 Å². The standard InChI is InChI=1S/C27H34FN3O7S/c1-20(27(33)29-17-24-3-2-14-37-24)31(18-21-4-6-22(28)7-5-21)26(32)19-38-23-8-10-25(11-9-23)39(34,35)30-12-15-36-16-13-30/h4-11,20,24H,2-3,12-19H2,1H3,(H,29,33)/t20-,24-/m1/s1. The van der Waals surface area contributed by atoms with Gasteiger partial charge in [-0.1, -0.05) is 12.1 Å². The summed E-state index contributed by atoms with van der Waals surface area (Å²) < 4.78 is 56.9. The first kappa shape index (κ1) is 28.9. The van der Waals surface area contributed by atoms with Crippen LogP contribution >= 0.6 is 0 Å². The molecule has 2 saturated heterocycles.